The van der Waals surface area contributed by atoms with E-state index in [1.165, 1.54) is 19.3 Å². The van der Waals surface area contributed by atoms with Crippen molar-refractivity contribution >= 4 is 0 Å². The minimum Gasteiger partial charge on any atom is -0.396 e. The van der Waals surface area contributed by atoms with Gasteiger partial charge in [-0.15, -0.1) is 0 Å². The topological polar surface area (TPSA) is 41.5 Å². The van der Waals surface area contributed by atoms with Crippen LogP contribution in [-0.2, 0) is 4.74 Å². The number of nitrogens with one attached hydrogen (secondary N) is 1. The van der Waals surface area contributed by atoms with Gasteiger partial charge in [0.25, 0.3) is 0 Å². The Balaban J connectivity index is 2.07. The molecule has 15 heavy (non-hydrogen) atoms. The van der Waals surface area contributed by atoms with E-state index in [0.29, 0.717) is 18.1 Å². The summed E-state index contributed by atoms with van der Waals surface area (Å²) in [4.78, 5) is 0. The molecule has 0 radical (unpaired) electrons. The van der Waals surface area contributed by atoms with Gasteiger partial charge in [0.05, 0.1) is 0 Å². The molecular weight excluding hydrogens is 190 g/mol. The predicted octanol–water partition coefficient (Wildman–Crippen LogP) is 1.55. The van der Waals surface area contributed by atoms with Gasteiger partial charge in [0.2, 0.25) is 0 Å². The number of methoxy groups -OCH3 is 1. The van der Waals surface area contributed by atoms with Crippen molar-refractivity contribution in [3.05, 3.63) is 0 Å². The molecule has 1 aliphatic rings. The molecule has 1 aliphatic carbocycles. The monoisotopic (exact) mass is 215 g/mol. The molecule has 1 rings (SSSR count). The van der Waals surface area contributed by atoms with Crippen molar-refractivity contribution in [1.82, 2.24) is 5.32 Å². The molecule has 90 valence electrons. The zero-order valence-corrected chi connectivity index (χ0v) is 10.1. The maximum atomic E-state index is 8.73. The second kappa shape index (κ2) is 6.46. The van der Waals surface area contributed by atoms with E-state index in [1.807, 2.05) is 0 Å². The Hall–Kier alpha value is -0.120. The quantitative estimate of drug-likeness (QED) is 0.613. The molecule has 1 fully saturated rings. The molecule has 0 aromatic heterocycles. The maximum absolute atomic E-state index is 8.73. The van der Waals surface area contributed by atoms with E-state index >= 15 is 0 Å². The molecule has 0 saturated heterocycles. The van der Waals surface area contributed by atoms with Crippen LogP contribution < -0.4 is 5.32 Å². The van der Waals surface area contributed by atoms with E-state index in [9.17, 15) is 0 Å². The van der Waals surface area contributed by atoms with Crippen molar-refractivity contribution in [2.45, 2.75) is 45.1 Å². The van der Waals surface area contributed by atoms with Crippen LogP contribution in [0.3, 0.4) is 0 Å². The SMILES string of the molecule is COCCC1(CNC(C)CCCO)CC1. The summed E-state index contributed by atoms with van der Waals surface area (Å²) in [6, 6.07) is 0.525. The highest BCUT2D eigenvalue weighted by Gasteiger charge is 2.41. The summed E-state index contributed by atoms with van der Waals surface area (Å²) in [5.74, 6) is 0. The van der Waals surface area contributed by atoms with Crippen LogP contribution in [0.2, 0.25) is 0 Å². The van der Waals surface area contributed by atoms with Gasteiger partial charge in [0, 0.05) is 32.9 Å². The first-order chi connectivity index (χ1) is 7.22. The van der Waals surface area contributed by atoms with Crippen LogP contribution in [0.1, 0.15) is 39.0 Å². The van der Waals surface area contributed by atoms with Crippen LogP contribution in [0.5, 0.6) is 0 Å². The lowest BCUT2D eigenvalue weighted by Gasteiger charge is -2.19. The van der Waals surface area contributed by atoms with Crippen LogP contribution in [0.25, 0.3) is 0 Å². The lowest BCUT2D eigenvalue weighted by atomic mass is 10.0. The second-order valence-corrected chi connectivity index (χ2v) is 4.89. The van der Waals surface area contributed by atoms with E-state index in [4.69, 9.17) is 9.84 Å². The summed E-state index contributed by atoms with van der Waals surface area (Å²) >= 11 is 0. The fourth-order valence-corrected chi connectivity index (χ4v) is 1.90. The Morgan fingerprint density at radius 3 is 2.73 bits per heavy atom. The van der Waals surface area contributed by atoms with Crippen molar-refractivity contribution in [3.8, 4) is 0 Å². The first kappa shape index (κ1) is 12.9. The molecule has 2 N–H and O–H groups in total. The molecule has 0 aromatic carbocycles. The highest BCUT2D eigenvalue weighted by Crippen LogP contribution is 2.48. The van der Waals surface area contributed by atoms with E-state index in [-0.39, 0.29) is 0 Å². The minimum atomic E-state index is 0.306. The third-order valence-corrected chi connectivity index (χ3v) is 3.41. The van der Waals surface area contributed by atoms with E-state index < -0.39 is 0 Å². The van der Waals surface area contributed by atoms with Crippen LogP contribution in [0.4, 0.5) is 0 Å². The fraction of sp³-hybridized carbons (Fsp3) is 1.00. The molecule has 0 heterocycles. The molecule has 0 amide bonds. The highest BCUT2D eigenvalue weighted by molar-refractivity contribution is 4.95. The zero-order chi connectivity index (χ0) is 11.1. The third kappa shape index (κ3) is 4.96. The Morgan fingerprint density at radius 1 is 1.47 bits per heavy atom. The number of rotatable bonds is 9. The number of ether oxygens (including phenoxy) is 1. The average molecular weight is 215 g/mol. The summed E-state index contributed by atoms with van der Waals surface area (Å²) in [7, 11) is 1.77. The maximum Gasteiger partial charge on any atom is 0.0468 e. The van der Waals surface area contributed by atoms with E-state index in [0.717, 1.165) is 26.0 Å². The van der Waals surface area contributed by atoms with Crippen molar-refractivity contribution in [2.75, 3.05) is 26.9 Å². The second-order valence-electron chi connectivity index (χ2n) is 4.89. The van der Waals surface area contributed by atoms with Gasteiger partial charge in [-0.1, -0.05) is 0 Å². The van der Waals surface area contributed by atoms with Crippen molar-refractivity contribution < 1.29 is 9.84 Å². The minimum absolute atomic E-state index is 0.306. The fourth-order valence-electron chi connectivity index (χ4n) is 1.90. The van der Waals surface area contributed by atoms with Gasteiger partial charge >= 0.3 is 0 Å². The van der Waals surface area contributed by atoms with Gasteiger partial charge in [-0.2, -0.15) is 0 Å². The summed E-state index contributed by atoms with van der Waals surface area (Å²) < 4.78 is 5.13. The predicted molar refractivity (Wildman–Crippen MR) is 61.9 cm³/mol. The highest BCUT2D eigenvalue weighted by atomic mass is 16.5. The van der Waals surface area contributed by atoms with Crippen LogP contribution in [0, 0.1) is 5.41 Å². The molecule has 3 nitrogen and oxygen atoms in total. The van der Waals surface area contributed by atoms with Gasteiger partial charge in [0.15, 0.2) is 0 Å². The van der Waals surface area contributed by atoms with Crippen molar-refractivity contribution in [2.24, 2.45) is 5.41 Å². The standard InChI is InChI=1S/C12H25NO2/c1-11(4-3-8-14)13-10-12(5-6-12)7-9-15-2/h11,13-14H,3-10H2,1-2H3. The van der Waals surface area contributed by atoms with Gasteiger partial charge in [-0.05, 0) is 44.4 Å². The Morgan fingerprint density at radius 2 is 2.20 bits per heavy atom. The molecule has 1 atom stereocenters. The first-order valence-electron chi connectivity index (χ1n) is 6.06. The normalized spacial score (nSPS) is 20.2. The molecule has 0 spiro atoms. The largest absolute Gasteiger partial charge is 0.396 e. The Bertz CT molecular complexity index is 169. The zero-order valence-electron chi connectivity index (χ0n) is 10.1. The third-order valence-electron chi connectivity index (χ3n) is 3.41. The smallest absolute Gasteiger partial charge is 0.0468 e. The molecule has 1 unspecified atom stereocenters. The number of hydrogen-bond donors (Lipinski definition) is 2. The van der Waals surface area contributed by atoms with Crippen LogP contribution >= 0.6 is 0 Å². The summed E-state index contributed by atoms with van der Waals surface area (Å²) in [5.41, 5.74) is 0.531. The summed E-state index contributed by atoms with van der Waals surface area (Å²) in [5, 5.41) is 12.3. The molecule has 0 aliphatic heterocycles. The molecule has 1 saturated carbocycles. The molecule has 3 heteroatoms. The summed E-state index contributed by atoms with van der Waals surface area (Å²) in [6.07, 6.45) is 5.84. The lowest BCUT2D eigenvalue weighted by molar-refractivity contribution is 0.170. The number of hydrogen-bond acceptors (Lipinski definition) is 3. The molecule has 0 aromatic rings. The van der Waals surface area contributed by atoms with Gasteiger partial charge in [-0.3, -0.25) is 0 Å². The van der Waals surface area contributed by atoms with Gasteiger partial charge in [-0.25, -0.2) is 0 Å². The van der Waals surface area contributed by atoms with Crippen LogP contribution in [-0.4, -0.2) is 38.0 Å². The molecule has 0 bridgehead atoms. The molecular formula is C12H25NO2. The lowest BCUT2D eigenvalue weighted by Crippen LogP contribution is -2.32. The van der Waals surface area contributed by atoms with Crippen molar-refractivity contribution in [3.63, 3.8) is 0 Å². The van der Waals surface area contributed by atoms with Crippen molar-refractivity contribution in [1.29, 1.82) is 0 Å². The van der Waals surface area contributed by atoms with E-state index in [2.05, 4.69) is 12.2 Å². The average Bonchev–Trinajstić information content (AvgIpc) is 3.01. The Kier molecular flexibility index (Phi) is 5.58. The van der Waals surface area contributed by atoms with Gasteiger partial charge in [0.1, 0.15) is 0 Å². The summed E-state index contributed by atoms with van der Waals surface area (Å²) in [6.45, 7) is 4.50. The number of aliphatic hydroxyl groups excluding tert-OH is 1. The van der Waals surface area contributed by atoms with E-state index in [1.54, 1.807) is 7.11 Å². The Labute approximate surface area is 93.2 Å². The van der Waals surface area contributed by atoms with Crippen LogP contribution in [0.15, 0.2) is 0 Å². The first-order valence-corrected chi connectivity index (χ1v) is 6.06. The van der Waals surface area contributed by atoms with Gasteiger partial charge < -0.3 is 15.2 Å². The number of aliphatic hydroxyl groups is 1.